The normalized spacial score (nSPS) is 14.4. The number of benzene rings is 2. The Morgan fingerprint density at radius 1 is 1.03 bits per heavy atom. The number of aromatic nitrogens is 1. The first-order chi connectivity index (χ1) is 14.7. The number of para-hydroxylation sites is 1. The first kappa shape index (κ1) is 19.8. The molecule has 4 rings (SSSR count). The minimum absolute atomic E-state index is 0.0529. The Kier molecular flexibility index (Phi) is 5.88. The number of nitrogens with zero attached hydrogens (tertiary/aromatic N) is 2. The Bertz CT molecular complexity index is 1030. The Morgan fingerprint density at radius 3 is 2.60 bits per heavy atom. The number of pyridine rings is 1. The van der Waals surface area contributed by atoms with Crippen LogP contribution in [0.15, 0.2) is 54.7 Å². The molecule has 0 atom stereocenters. The molecule has 0 spiro atoms. The van der Waals surface area contributed by atoms with Crippen molar-refractivity contribution < 1.29 is 19.0 Å². The fourth-order valence-corrected chi connectivity index (χ4v) is 3.62. The van der Waals surface area contributed by atoms with Crippen LogP contribution in [0.3, 0.4) is 0 Å². The molecule has 156 valence electrons. The summed E-state index contributed by atoms with van der Waals surface area (Å²) in [5.74, 6) is 2.02. The van der Waals surface area contributed by atoms with Gasteiger partial charge >= 0.3 is 6.03 Å². The van der Waals surface area contributed by atoms with Crippen LogP contribution >= 0.6 is 0 Å². The lowest BCUT2D eigenvalue weighted by atomic mass is 10.1. The largest absolute Gasteiger partial charge is 0.497 e. The zero-order valence-corrected chi connectivity index (χ0v) is 17.1. The number of hydrogen-bond donors (Lipinski definition) is 1. The minimum atomic E-state index is -0.149. The number of ether oxygens (including phenoxy) is 3. The SMILES string of the molecule is COc1ccc(NC(=O)N2CCC(Oc3cccc4cccnc34)CC2)c(OC)c1. The summed E-state index contributed by atoms with van der Waals surface area (Å²) in [6.07, 6.45) is 3.35. The van der Waals surface area contributed by atoms with Crippen molar-refractivity contribution in [3.63, 3.8) is 0 Å². The van der Waals surface area contributed by atoms with Crippen LogP contribution in [0.1, 0.15) is 12.8 Å². The van der Waals surface area contributed by atoms with Gasteiger partial charge in [0.15, 0.2) is 0 Å². The second-order valence-electron chi connectivity index (χ2n) is 7.13. The van der Waals surface area contributed by atoms with Crippen molar-refractivity contribution >= 4 is 22.6 Å². The Balaban J connectivity index is 1.36. The molecule has 0 unspecified atom stereocenters. The molecule has 0 saturated carbocycles. The lowest BCUT2D eigenvalue weighted by Crippen LogP contribution is -2.43. The van der Waals surface area contributed by atoms with Crippen molar-refractivity contribution in [1.29, 1.82) is 0 Å². The number of nitrogens with one attached hydrogen (secondary N) is 1. The first-order valence-electron chi connectivity index (χ1n) is 9.96. The topological polar surface area (TPSA) is 72.9 Å². The van der Waals surface area contributed by atoms with Gasteiger partial charge in [-0.3, -0.25) is 4.98 Å². The van der Waals surface area contributed by atoms with Gasteiger partial charge in [0, 0.05) is 43.6 Å². The average molecular weight is 407 g/mol. The highest BCUT2D eigenvalue weighted by Gasteiger charge is 2.25. The standard InChI is InChI=1S/C23H25N3O4/c1-28-18-8-9-19(21(15-18)29-2)25-23(27)26-13-10-17(11-14-26)30-20-7-3-5-16-6-4-12-24-22(16)20/h3-9,12,15,17H,10-11,13-14H2,1-2H3,(H,25,27). The first-order valence-corrected chi connectivity index (χ1v) is 9.96. The van der Waals surface area contributed by atoms with Crippen molar-refractivity contribution in [2.45, 2.75) is 18.9 Å². The monoisotopic (exact) mass is 407 g/mol. The van der Waals surface area contributed by atoms with Gasteiger partial charge in [-0.25, -0.2) is 4.79 Å². The molecule has 7 nitrogen and oxygen atoms in total. The molecule has 2 amide bonds. The van der Waals surface area contributed by atoms with E-state index in [9.17, 15) is 4.79 Å². The van der Waals surface area contributed by atoms with E-state index < -0.39 is 0 Å². The summed E-state index contributed by atoms with van der Waals surface area (Å²) in [6, 6.07) is 15.0. The summed E-state index contributed by atoms with van der Waals surface area (Å²) in [5.41, 5.74) is 1.48. The Labute approximate surface area is 175 Å². The van der Waals surface area contributed by atoms with Gasteiger partial charge in [-0.2, -0.15) is 0 Å². The summed E-state index contributed by atoms with van der Waals surface area (Å²) in [7, 11) is 3.16. The molecule has 3 aromatic rings. The van der Waals surface area contributed by atoms with E-state index in [1.165, 1.54) is 0 Å². The molecular weight excluding hydrogens is 382 g/mol. The molecule has 1 fully saturated rings. The van der Waals surface area contributed by atoms with E-state index in [0.29, 0.717) is 30.3 Å². The number of likely N-dealkylation sites (tertiary alicyclic amines) is 1. The van der Waals surface area contributed by atoms with Gasteiger partial charge in [0.05, 0.1) is 19.9 Å². The van der Waals surface area contributed by atoms with E-state index >= 15 is 0 Å². The fraction of sp³-hybridized carbons (Fsp3) is 0.304. The van der Waals surface area contributed by atoms with Crippen molar-refractivity contribution in [1.82, 2.24) is 9.88 Å². The van der Waals surface area contributed by atoms with Crippen molar-refractivity contribution in [2.24, 2.45) is 0 Å². The van der Waals surface area contributed by atoms with Gasteiger partial charge < -0.3 is 24.4 Å². The van der Waals surface area contributed by atoms with Crippen LogP contribution in [0.25, 0.3) is 10.9 Å². The van der Waals surface area contributed by atoms with Crippen molar-refractivity contribution in [3.8, 4) is 17.2 Å². The highest BCUT2D eigenvalue weighted by molar-refractivity contribution is 5.91. The van der Waals surface area contributed by atoms with Crippen LogP contribution in [0, 0.1) is 0 Å². The number of fused-ring (bicyclic) bond motifs is 1. The molecule has 2 aromatic carbocycles. The minimum Gasteiger partial charge on any atom is -0.497 e. The molecule has 1 aromatic heterocycles. The van der Waals surface area contributed by atoms with Crippen molar-refractivity contribution in [3.05, 3.63) is 54.7 Å². The van der Waals surface area contributed by atoms with E-state index in [0.717, 1.165) is 29.5 Å². The second kappa shape index (κ2) is 8.90. The van der Waals surface area contributed by atoms with Gasteiger partial charge in [0.25, 0.3) is 0 Å². The fourth-order valence-electron chi connectivity index (χ4n) is 3.62. The van der Waals surface area contributed by atoms with Crippen LogP contribution in [0.5, 0.6) is 17.2 Å². The zero-order chi connectivity index (χ0) is 20.9. The Hall–Kier alpha value is -3.48. The molecule has 2 heterocycles. The number of amides is 2. The van der Waals surface area contributed by atoms with Crippen molar-refractivity contribution in [2.75, 3.05) is 32.6 Å². The summed E-state index contributed by atoms with van der Waals surface area (Å²) in [5, 5.41) is 3.98. The summed E-state index contributed by atoms with van der Waals surface area (Å²) >= 11 is 0. The number of methoxy groups -OCH3 is 2. The van der Waals surface area contributed by atoms with E-state index in [1.54, 1.807) is 43.5 Å². The number of hydrogen-bond acceptors (Lipinski definition) is 5. The number of carbonyl (C=O) groups excluding carboxylic acids is 1. The molecule has 0 radical (unpaired) electrons. The zero-order valence-electron chi connectivity index (χ0n) is 17.1. The lowest BCUT2D eigenvalue weighted by molar-refractivity contribution is 0.116. The predicted molar refractivity (Wildman–Crippen MR) is 116 cm³/mol. The van der Waals surface area contributed by atoms with E-state index in [1.807, 2.05) is 30.3 Å². The molecule has 0 bridgehead atoms. The number of carbonyl (C=O) groups is 1. The quantitative estimate of drug-likeness (QED) is 0.682. The highest BCUT2D eigenvalue weighted by Crippen LogP contribution is 2.30. The summed E-state index contributed by atoms with van der Waals surface area (Å²) < 4.78 is 16.8. The maximum atomic E-state index is 12.7. The molecule has 1 saturated heterocycles. The van der Waals surface area contributed by atoms with Crippen LogP contribution < -0.4 is 19.5 Å². The number of anilines is 1. The maximum absolute atomic E-state index is 12.7. The second-order valence-corrected chi connectivity index (χ2v) is 7.13. The highest BCUT2D eigenvalue weighted by atomic mass is 16.5. The number of rotatable bonds is 5. The third kappa shape index (κ3) is 4.25. The molecule has 1 aliphatic heterocycles. The third-order valence-electron chi connectivity index (χ3n) is 5.27. The summed E-state index contributed by atoms with van der Waals surface area (Å²) in [4.78, 5) is 18.9. The predicted octanol–water partition coefficient (Wildman–Crippen LogP) is 4.33. The third-order valence-corrected chi connectivity index (χ3v) is 5.27. The summed E-state index contributed by atoms with van der Waals surface area (Å²) in [6.45, 7) is 1.24. The van der Waals surface area contributed by atoms with E-state index in [4.69, 9.17) is 14.2 Å². The molecule has 1 aliphatic rings. The smallest absolute Gasteiger partial charge is 0.321 e. The van der Waals surface area contributed by atoms with Gasteiger partial charge in [-0.05, 0) is 24.3 Å². The lowest BCUT2D eigenvalue weighted by Gasteiger charge is -2.32. The van der Waals surface area contributed by atoms with Crippen LogP contribution in [0.4, 0.5) is 10.5 Å². The molecule has 7 heteroatoms. The van der Waals surface area contributed by atoms with Crippen LogP contribution in [-0.2, 0) is 0 Å². The van der Waals surface area contributed by atoms with Gasteiger partial charge in [0.2, 0.25) is 0 Å². The van der Waals surface area contributed by atoms with E-state index in [-0.39, 0.29) is 12.1 Å². The van der Waals surface area contributed by atoms with Gasteiger partial charge in [-0.1, -0.05) is 18.2 Å². The maximum Gasteiger partial charge on any atom is 0.321 e. The van der Waals surface area contributed by atoms with Gasteiger partial charge in [0.1, 0.15) is 28.9 Å². The molecule has 1 N–H and O–H groups in total. The number of piperidine rings is 1. The van der Waals surface area contributed by atoms with Crippen LogP contribution in [-0.4, -0.2) is 49.3 Å². The Morgan fingerprint density at radius 2 is 1.83 bits per heavy atom. The number of urea groups is 1. The van der Waals surface area contributed by atoms with E-state index in [2.05, 4.69) is 10.3 Å². The van der Waals surface area contributed by atoms with Crippen LogP contribution in [0.2, 0.25) is 0 Å². The average Bonchev–Trinajstić information content (AvgIpc) is 2.80. The molecule has 0 aliphatic carbocycles. The van der Waals surface area contributed by atoms with Gasteiger partial charge in [-0.15, -0.1) is 0 Å². The molecule has 30 heavy (non-hydrogen) atoms. The molecular formula is C23H25N3O4.